The molecule has 0 aliphatic carbocycles. The monoisotopic (exact) mass is 375 g/mol. The Hall–Kier alpha value is -2.35. The predicted molar refractivity (Wildman–Crippen MR) is 101 cm³/mol. The maximum absolute atomic E-state index is 13.2. The quantitative estimate of drug-likeness (QED) is 0.693. The summed E-state index contributed by atoms with van der Waals surface area (Å²) in [7, 11) is 0. The maximum Gasteiger partial charge on any atom is 0.297 e. The number of benzene rings is 1. The van der Waals surface area contributed by atoms with Crippen LogP contribution in [0, 0.1) is 13.8 Å². The highest BCUT2D eigenvalue weighted by molar-refractivity contribution is 7.15. The summed E-state index contributed by atoms with van der Waals surface area (Å²) < 4.78 is 26.4. The van der Waals surface area contributed by atoms with Crippen molar-refractivity contribution in [2.24, 2.45) is 0 Å². The zero-order valence-corrected chi connectivity index (χ0v) is 15.4. The second kappa shape index (κ2) is 6.75. The van der Waals surface area contributed by atoms with Gasteiger partial charge >= 0.3 is 0 Å². The zero-order valence-electron chi connectivity index (χ0n) is 14.6. The molecule has 136 valence electrons. The van der Waals surface area contributed by atoms with Crippen LogP contribution < -0.4 is 9.80 Å². The van der Waals surface area contributed by atoms with E-state index < -0.39 is 12.2 Å². The maximum atomic E-state index is 13.2. The van der Waals surface area contributed by atoms with Gasteiger partial charge in [-0.3, -0.25) is 0 Å². The minimum absolute atomic E-state index is 0.410. The lowest BCUT2D eigenvalue weighted by Crippen LogP contribution is -2.47. The van der Waals surface area contributed by atoms with E-state index in [0.29, 0.717) is 24.4 Å². The minimum atomic E-state index is -2.68. The van der Waals surface area contributed by atoms with E-state index in [-0.39, 0.29) is 0 Å². The van der Waals surface area contributed by atoms with E-state index in [1.165, 1.54) is 4.88 Å². The van der Waals surface area contributed by atoms with Crippen molar-refractivity contribution in [3.8, 4) is 0 Å². The third-order valence-electron chi connectivity index (χ3n) is 4.66. The largest absolute Gasteiger partial charge is 0.352 e. The molecule has 1 aliphatic heterocycles. The lowest BCUT2D eigenvalue weighted by atomic mass is 10.2. The minimum Gasteiger partial charge on any atom is -0.352 e. The van der Waals surface area contributed by atoms with Gasteiger partial charge in [-0.05, 0) is 26.0 Å². The van der Waals surface area contributed by atoms with Gasteiger partial charge in [0, 0.05) is 36.4 Å². The SMILES string of the molecule is Cc1nc(N2CCN(c3nc(C(F)F)nc4ccccc34)CC2)sc1C. The van der Waals surface area contributed by atoms with Crippen molar-refractivity contribution in [1.82, 2.24) is 15.0 Å². The van der Waals surface area contributed by atoms with Gasteiger partial charge in [-0.1, -0.05) is 12.1 Å². The van der Waals surface area contributed by atoms with E-state index in [2.05, 4.69) is 31.7 Å². The first-order chi connectivity index (χ1) is 12.5. The molecule has 2 aromatic heterocycles. The molecule has 0 amide bonds. The molecule has 1 fully saturated rings. The fraction of sp³-hybridized carbons (Fsp3) is 0.389. The summed E-state index contributed by atoms with van der Waals surface area (Å²) in [4.78, 5) is 18.3. The highest BCUT2D eigenvalue weighted by Gasteiger charge is 2.24. The first kappa shape index (κ1) is 17.1. The van der Waals surface area contributed by atoms with Crippen molar-refractivity contribution in [1.29, 1.82) is 0 Å². The molecule has 1 aliphatic rings. The second-order valence-corrected chi connectivity index (χ2v) is 7.52. The highest BCUT2D eigenvalue weighted by atomic mass is 32.1. The first-order valence-electron chi connectivity index (χ1n) is 8.51. The first-order valence-corrected chi connectivity index (χ1v) is 9.33. The van der Waals surface area contributed by atoms with Gasteiger partial charge in [0.25, 0.3) is 6.43 Å². The number of anilines is 2. The standard InChI is InChI=1S/C18H19F2N5S/c1-11-12(2)26-18(21-11)25-9-7-24(8-10-25)17-13-5-3-4-6-14(13)22-16(23-17)15(19)20/h3-6,15H,7-10H2,1-2H3. The summed E-state index contributed by atoms with van der Waals surface area (Å²) in [6.07, 6.45) is -2.68. The Morgan fingerprint density at radius 1 is 0.962 bits per heavy atom. The molecule has 1 saturated heterocycles. The smallest absolute Gasteiger partial charge is 0.297 e. The van der Waals surface area contributed by atoms with Gasteiger partial charge in [0.2, 0.25) is 0 Å². The van der Waals surface area contributed by atoms with Gasteiger partial charge in [0.05, 0.1) is 11.2 Å². The number of fused-ring (bicyclic) bond motifs is 1. The molecule has 3 aromatic rings. The molecule has 3 heterocycles. The number of rotatable bonds is 3. The molecule has 26 heavy (non-hydrogen) atoms. The molecule has 0 bridgehead atoms. The Kier molecular flexibility index (Phi) is 4.44. The van der Waals surface area contributed by atoms with Crippen molar-refractivity contribution in [3.63, 3.8) is 0 Å². The molecule has 0 radical (unpaired) electrons. The van der Waals surface area contributed by atoms with Crippen LogP contribution in [0.2, 0.25) is 0 Å². The van der Waals surface area contributed by atoms with Crippen molar-refractivity contribution in [3.05, 3.63) is 40.7 Å². The van der Waals surface area contributed by atoms with Crippen LogP contribution in [0.3, 0.4) is 0 Å². The average Bonchev–Trinajstić information content (AvgIpc) is 2.99. The van der Waals surface area contributed by atoms with Crippen LogP contribution >= 0.6 is 11.3 Å². The molecule has 0 unspecified atom stereocenters. The topological polar surface area (TPSA) is 45.2 Å². The summed E-state index contributed by atoms with van der Waals surface area (Å²) in [5, 5.41) is 1.84. The summed E-state index contributed by atoms with van der Waals surface area (Å²) in [6, 6.07) is 7.33. The second-order valence-electron chi connectivity index (χ2n) is 6.34. The van der Waals surface area contributed by atoms with Crippen LogP contribution in [-0.2, 0) is 0 Å². The predicted octanol–water partition coefficient (Wildman–Crippen LogP) is 3.97. The normalized spacial score (nSPS) is 15.3. The van der Waals surface area contributed by atoms with Crippen molar-refractivity contribution < 1.29 is 8.78 Å². The Balaban J connectivity index is 1.61. The number of hydrogen-bond acceptors (Lipinski definition) is 6. The number of hydrogen-bond donors (Lipinski definition) is 0. The van der Waals surface area contributed by atoms with Crippen LogP contribution in [0.25, 0.3) is 10.9 Å². The summed E-state index contributed by atoms with van der Waals surface area (Å²) in [5.41, 5.74) is 1.62. The van der Waals surface area contributed by atoms with E-state index in [0.717, 1.165) is 29.3 Å². The summed E-state index contributed by atoms with van der Waals surface area (Å²) in [6.45, 7) is 7.09. The number of halogens is 2. The molecule has 8 heteroatoms. The summed E-state index contributed by atoms with van der Waals surface area (Å²) >= 11 is 1.70. The van der Waals surface area contributed by atoms with E-state index in [4.69, 9.17) is 0 Å². The highest BCUT2D eigenvalue weighted by Crippen LogP contribution is 2.30. The van der Waals surface area contributed by atoms with Crippen molar-refractivity contribution >= 4 is 33.2 Å². The lowest BCUT2D eigenvalue weighted by molar-refractivity contribution is 0.141. The third kappa shape index (κ3) is 3.09. The molecular weight excluding hydrogens is 356 g/mol. The number of aromatic nitrogens is 3. The number of para-hydroxylation sites is 1. The molecule has 4 rings (SSSR count). The van der Waals surface area contributed by atoms with Gasteiger partial charge in [-0.15, -0.1) is 11.3 Å². The van der Waals surface area contributed by atoms with Gasteiger partial charge in [-0.2, -0.15) is 0 Å². The molecule has 5 nitrogen and oxygen atoms in total. The van der Waals surface area contributed by atoms with Gasteiger partial charge in [0.15, 0.2) is 11.0 Å². The molecular formula is C18H19F2N5S. The lowest BCUT2D eigenvalue weighted by Gasteiger charge is -2.35. The van der Waals surface area contributed by atoms with E-state index in [1.807, 2.05) is 19.1 Å². The van der Waals surface area contributed by atoms with Crippen LogP contribution in [0.15, 0.2) is 24.3 Å². The van der Waals surface area contributed by atoms with Crippen molar-refractivity contribution in [2.45, 2.75) is 20.3 Å². The van der Waals surface area contributed by atoms with Crippen LogP contribution in [-0.4, -0.2) is 41.1 Å². The van der Waals surface area contributed by atoms with Crippen LogP contribution in [0.1, 0.15) is 22.8 Å². The summed E-state index contributed by atoms with van der Waals surface area (Å²) in [5.74, 6) is 0.185. The molecule has 0 N–H and O–H groups in total. The van der Waals surface area contributed by atoms with Crippen LogP contribution in [0.4, 0.5) is 19.7 Å². The fourth-order valence-corrected chi connectivity index (χ4v) is 4.08. The van der Waals surface area contributed by atoms with E-state index in [9.17, 15) is 8.78 Å². The van der Waals surface area contributed by atoms with Gasteiger partial charge in [-0.25, -0.2) is 23.7 Å². The third-order valence-corrected chi connectivity index (χ3v) is 5.80. The molecule has 0 spiro atoms. The molecule has 0 saturated carbocycles. The number of thiazole rings is 1. The van der Waals surface area contributed by atoms with E-state index >= 15 is 0 Å². The Morgan fingerprint density at radius 3 is 2.31 bits per heavy atom. The Morgan fingerprint density at radius 2 is 1.65 bits per heavy atom. The number of nitrogens with zero attached hydrogens (tertiary/aromatic N) is 5. The van der Waals surface area contributed by atoms with Crippen molar-refractivity contribution in [2.75, 3.05) is 36.0 Å². The average molecular weight is 375 g/mol. The molecule has 1 aromatic carbocycles. The number of alkyl halides is 2. The molecule has 0 atom stereocenters. The Labute approximate surface area is 154 Å². The fourth-order valence-electron chi connectivity index (χ4n) is 3.12. The number of aryl methyl sites for hydroxylation is 2. The van der Waals surface area contributed by atoms with Gasteiger partial charge < -0.3 is 9.80 Å². The zero-order chi connectivity index (χ0) is 18.3. The van der Waals surface area contributed by atoms with E-state index in [1.54, 1.807) is 23.5 Å². The van der Waals surface area contributed by atoms with Crippen LogP contribution in [0.5, 0.6) is 0 Å². The number of piperazine rings is 1. The van der Waals surface area contributed by atoms with Gasteiger partial charge in [0.1, 0.15) is 5.82 Å². The Bertz CT molecular complexity index is 915.